The third kappa shape index (κ3) is 7.20. The smallest absolute Gasteiger partial charge is 0.456 e. The largest absolute Gasteiger partial charge is 0.573 e. The number of alkyl halides is 3. The van der Waals surface area contributed by atoms with Crippen LogP contribution in [0.15, 0.2) is 72.9 Å². The molecule has 0 amide bonds. The van der Waals surface area contributed by atoms with E-state index in [0.717, 1.165) is 0 Å². The van der Waals surface area contributed by atoms with Gasteiger partial charge in [0.25, 0.3) is 0 Å². The molecule has 11 heteroatoms. The van der Waals surface area contributed by atoms with Crippen molar-refractivity contribution in [2.45, 2.75) is 32.7 Å². The Morgan fingerprint density at radius 3 is 2.00 bits per heavy atom. The number of esters is 1. The molecule has 0 bridgehead atoms. The van der Waals surface area contributed by atoms with Crippen LogP contribution in [0.5, 0.6) is 17.4 Å². The molecule has 0 aliphatic carbocycles. The Morgan fingerprint density at radius 1 is 0.868 bits per heavy atom. The van der Waals surface area contributed by atoms with Crippen LogP contribution in [0.25, 0.3) is 16.8 Å². The van der Waals surface area contributed by atoms with Gasteiger partial charge in [0.2, 0.25) is 5.88 Å². The number of hydrogen-bond acceptors (Lipinski definition) is 5. The van der Waals surface area contributed by atoms with E-state index in [9.17, 15) is 18.0 Å². The fraction of sp³-hybridized carbons (Fsp3) is 0.185. The van der Waals surface area contributed by atoms with Crippen molar-refractivity contribution in [1.29, 1.82) is 0 Å². The molecule has 0 saturated carbocycles. The van der Waals surface area contributed by atoms with E-state index in [4.69, 9.17) is 32.7 Å². The Hall–Kier alpha value is -3.69. The van der Waals surface area contributed by atoms with Gasteiger partial charge >= 0.3 is 12.3 Å². The van der Waals surface area contributed by atoms with Gasteiger partial charge in [0, 0.05) is 16.2 Å². The molecule has 0 saturated heterocycles. The van der Waals surface area contributed by atoms with Gasteiger partial charge in [0.05, 0.1) is 16.8 Å². The van der Waals surface area contributed by atoms with Crippen molar-refractivity contribution in [2.75, 3.05) is 0 Å². The zero-order valence-electron chi connectivity index (χ0n) is 20.3. The fourth-order valence-electron chi connectivity index (χ4n) is 3.38. The molecule has 0 fully saturated rings. The quantitative estimate of drug-likeness (QED) is 0.220. The van der Waals surface area contributed by atoms with Gasteiger partial charge in [0.15, 0.2) is 0 Å². The van der Waals surface area contributed by atoms with Crippen molar-refractivity contribution < 1.29 is 32.2 Å². The summed E-state index contributed by atoms with van der Waals surface area (Å²) in [6.07, 6.45) is -3.18. The number of carbonyl (C=O) groups excluding carboxylic acids is 1. The summed E-state index contributed by atoms with van der Waals surface area (Å²) in [6.45, 7) is 5.32. The highest BCUT2D eigenvalue weighted by Crippen LogP contribution is 2.35. The highest BCUT2D eigenvalue weighted by Gasteiger charge is 2.31. The Balaban J connectivity index is 1.68. The summed E-state index contributed by atoms with van der Waals surface area (Å²) in [5.74, 6) is -0.330. The molecule has 0 atom stereocenters. The zero-order chi connectivity index (χ0) is 27.7. The third-order valence-electron chi connectivity index (χ3n) is 4.89. The van der Waals surface area contributed by atoms with Crippen LogP contribution in [0, 0.1) is 0 Å². The van der Waals surface area contributed by atoms with Gasteiger partial charge in [-0.2, -0.15) is 0 Å². The van der Waals surface area contributed by atoms with E-state index in [2.05, 4.69) is 9.84 Å². The first kappa shape index (κ1) is 27.3. The van der Waals surface area contributed by atoms with Crippen LogP contribution >= 0.6 is 23.2 Å². The minimum absolute atomic E-state index is 0.149. The van der Waals surface area contributed by atoms with Crippen molar-refractivity contribution in [2.24, 2.45) is 0 Å². The summed E-state index contributed by atoms with van der Waals surface area (Å²) in [5.41, 5.74) is 1.22. The van der Waals surface area contributed by atoms with Gasteiger partial charge in [-0.15, -0.1) is 18.3 Å². The minimum Gasteiger partial charge on any atom is -0.456 e. The number of rotatable bonds is 6. The van der Waals surface area contributed by atoms with Gasteiger partial charge in [-0.3, -0.25) is 0 Å². The molecular weight excluding hydrogens is 544 g/mol. The summed E-state index contributed by atoms with van der Waals surface area (Å²) in [4.78, 5) is 12.3. The van der Waals surface area contributed by atoms with Crippen LogP contribution in [0.2, 0.25) is 10.0 Å². The maximum absolute atomic E-state index is 12.6. The van der Waals surface area contributed by atoms with Gasteiger partial charge in [-0.05, 0) is 80.9 Å². The molecule has 3 aromatic carbocycles. The zero-order valence-corrected chi connectivity index (χ0v) is 21.9. The molecule has 4 rings (SSSR count). The number of aromatic nitrogens is 2. The second-order valence-corrected chi connectivity index (χ2v) is 9.99. The van der Waals surface area contributed by atoms with Crippen LogP contribution in [0.3, 0.4) is 0 Å². The molecule has 198 valence electrons. The monoisotopic (exact) mass is 564 g/mol. The number of halogens is 5. The first-order valence-electron chi connectivity index (χ1n) is 11.2. The Kier molecular flexibility index (Phi) is 7.62. The predicted molar refractivity (Wildman–Crippen MR) is 137 cm³/mol. The Bertz CT molecular complexity index is 1430. The molecule has 4 aromatic rings. The number of hydrogen-bond donors (Lipinski definition) is 0. The summed E-state index contributed by atoms with van der Waals surface area (Å²) < 4.78 is 54.6. The van der Waals surface area contributed by atoms with E-state index in [0.29, 0.717) is 38.2 Å². The van der Waals surface area contributed by atoms with E-state index in [-0.39, 0.29) is 11.6 Å². The molecule has 0 N–H and O–H groups in total. The lowest BCUT2D eigenvalue weighted by Crippen LogP contribution is -2.23. The average molecular weight is 565 g/mol. The van der Waals surface area contributed by atoms with Crippen LogP contribution in [-0.4, -0.2) is 27.7 Å². The highest BCUT2D eigenvalue weighted by molar-refractivity contribution is 6.34. The maximum Gasteiger partial charge on any atom is 0.573 e. The molecule has 0 radical (unpaired) electrons. The predicted octanol–water partition coefficient (Wildman–Crippen LogP) is 8.49. The average Bonchev–Trinajstić information content (AvgIpc) is 3.21. The van der Waals surface area contributed by atoms with E-state index in [1.807, 2.05) is 0 Å². The second kappa shape index (κ2) is 10.6. The summed E-state index contributed by atoms with van der Waals surface area (Å²) in [6, 6.07) is 16.4. The molecule has 0 spiro atoms. The highest BCUT2D eigenvalue weighted by atomic mass is 35.5. The number of benzene rings is 3. The van der Waals surface area contributed by atoms with Crippen LogP contribution in [0.1, 0.15) is 31.1 Å². The van der Waals surface area contributed by atoms with Crippen molar-refractivity contribution >= 4 is 29.2 Å². The second-order valence-electron chi connectivity index (χ2n) is 9.12. The van der Waals surface area contributed by atoms with Crippen molar-refractivity contribution in [1.82, 2.24) is 9.78 Å². The van der Waals surface area contributed by atoms with E-state index in [1.165, 1.54) is 28.9 Å². The van der Waals surface area contributed by atoms with E-state index in [1.54, 1.807) is 69.4 Å². The maximum atomic E-state index is 12.6. The van der Waals surface area contributed by atoms with Gasteiger partial charge in [-0.25, -0.2) is 9.48 Å². The standard InChI is InChI=1S/C27H21Cl2F3N2O4/c1-26(2,3)38-25(35)17-6-8-21(9-7-17)36-24-23(16-4-10-22(11-5-16)37-27(30,31)32)15-34(33-24)20-13-18(28)12-19(29)14-20/h4-15H,1-3H3. The summed E-state index contributed by atoms with van der Waals surface area (Å²) >= 11 is 12.3. The number of carbonyl (C=O) groups is 1. The molecule has 0 unspecified atom stereocenters. The lowest BCUT2D eigenvalue weighted by atomic mass is 10.1. The molecule has 38 heavy (non-hydrogen) atoms. The summed E-state index contributed by atoms with van der Waals surface area (Å²) in [5, 5.41) is 5.27. The van der Waals surface area contributed by atoms with E-state index >= 15 is 0 Å². The molecule has 0 aliphatic heterocycles. The number of ether oxygens (including phenoxy) is 3. The lowest BCUT2D eigenvalue weighted by molar-refractivity contribution is -0.274. The molecule has 6 nitrogen and oxygen atoms in total. The van der Waals surface area contributed by atoms with Crippen molar-refractivity contribution in [3.63, 3.8) is 0 Å². The summed E-state index contributed by atoms with van der Waals surface area (Å²) in [7, 11) is 0. The lowest BCUT2D eigenvalue weighted by Gasteiger charge is -2.19. The van der Waals surface area contributed by atoms with Gasteiger partial charge in [-0.1, -0.05) is 35.3 Å². The van der Waals surface area contributed by atoms with Gasteiger partial charge < -0.3 is 14.2 Å². The minimum atomic E-state index is -4.81. The Labute approximate surface area is 226 Å². The molecule has 0 aliphatic rings. The van der Waals surface area contributed by atoms with Crippen LogP contribution in [-0.2, 0) is 4.74 Å². The van der Waals surface area contributed by atoms with Crippen molar-refractivity contribution in [3.05, 3.63) is 88.5 Å². The van der Waals surface area contributed by atoms with Gasteiger partial charge in [0.1, 0.15) is 17.1 Å². The third-order valence-corrected chi connectivity index (χ3v) is 5.33. The first-order chi connectivity index (χ1) is 17.8. The SMILES string of the molecule is CC(C)(C)OC(=O)c1ccc(Oc2nn(-c3cc(Cl)cc(Cl)c3)cc2-c2ccc(OC(F)(F)F)cc2)cc1. The van der Waals surface area contributed by atoms with Crippen LogP contribution in [0.4, 0.5) is 13.2 Å². The van der Waals surface area contributed by atoms with Crippen molar-refractivity contribution in [3.8, 4) is 34.2 Å². The topological polar surface area (TPSA) is 62.6 Å². The molecule has 1 aromatic heterocycles. The fourth-order valence-corrected chi connectivity index (χ4v) is 3.89. The van der Waals surface area contributed by atoms with Crippen LogP contribution < -0.4 is 9.47 Å². The molecule has 1 heterocycles. The normalized spacial score (nSPS) is 11.8. The molecular formula is C27H21Cl2F3N2O4. The van der Waals surface area contributed by atoms with E-state index < -0.39 is 17.9 Å². The number of nitrogens with zero attached hydrogens (tertiary/aromatic N) is 2. The Morgan fingerprint density at radius 2 is 1.45 bits per heavy atom. The first-order valence-corrected chi connectivity index (χ1v) is 11.9.